The normalized spacial score (nSPS) is 10.8. The highest BCUT2D eigenvalue weighted by Gasteiger charge is 2.14. The van der Waals surface area contributed by atoms with Crippen LogP contribution in [0.25, 0.3) is 22.0 Å². The first-order valence-electron chi connectivity index (χ1n) is 9.21. The molecule has 5 nitrogen and oxygen atoms in total. The summed E-state index contributed by atoms with van der Waals surface area (Å²) in [7, 11) is 1.94. The molecule has 2 aromatic heterocycles. The zero-order chi connectivity index (χ0) is 19.5. The molecule has 0 aliphatic carbocycles. The third-order valence-corrected chi connectivity index (χ3v) is 4.62. The van der Waals surface area contributed by atoms with Crippen LogP contribution in [0.4, 0.5) is 11.5 Å². The molecule has 0 aliphatic heterocycles. The van der Waals surface area contributed by atoms with Crippen molar-refractivity contribution < 1.29 is 4.74 Å². The fraction of sp³-hybridized carbons (Fsp3) is 0.130. The van der Waals surface area contributed by atoms with Gasteiger partial charge in [-0.1, -0.05) is 30.3 Å². The van der Waals surface area contributed by atoms with Crippen LogP contribution in [0, 0.1) is 0 Å². The van der Waals surface area contributed by atoms with E-state index in [1.807, 2.05) is 85.4 Å². The van der Waals surface area contributed by atoms with E-state index in [4.69, 9.17) is 4.74 Å². The predicted octanol–water partition coefficient (Wildman–Crippen LogP) is 4.74. The van der Waals surface area contributed by atoms with Crippen LogP contribution in [0.1, 0.15) is 6.92 Å². The van der Waals surface area contributed by atoms with Crippen LogP contribution in [0.3, 0.4) is 0 Å². The van der Waals surface area contributed by atoms with Crippen molar-refractivity contribution in [1.29, 1.82) is 0 Å². The molecule has 0 bridgehead atoms. The molecule has 28 heavy (non-hydrogen) atoms. The molecule has 140 valence electrons. The van der Waals surface area contributed by atoms with E-state index in [9.17, 15) is 4.79 Å². The lowest BCUT2D eigenvalue weighted by Gasteiger charge is -2.13. The number of hydrogen-bond donors (Lipinski definition) is 1. The van der Waals surface area contributed by atoms with Crippen molar-refractivity contribution in [2.24, 2.45) is 7.05 Å². The van der Waals surface area contributed by atoms with Gasteiger partial charge in [0.2, 0.25) is 5.43 Å². The molecule has 0 spiro atoms. The van der Waals surface area contributed by atoms with E-state index in [1.54, 1.807) is 6.20 Å². The summed E-state index contributed by atoms with van der Waals surface area (Å²) in [6, 6.07) is 19.2. The first-order valence-corrected chi connectivity index (χ1v) is 9.21. The number of anilines is 2. The molecule has 1 N–H and O–H groups in total. The average molecular weight is 371 g/mol. The molecular formula is C23H21N3O2. The van der Waals surface area contributed by atoms with Crippen molar-refractivity contribution in [3.63, 3.8) is 0 Å². The van der Waals surface area contributed by atoms with Gasteiger partial charge in [-0.2, -0.15) is 0 Å². The SMILES string of the molecule is CCOc1ccc(-c2cn(C)c3ccnc(Nc4ccccc4)c3c2=O)cc1. The Balaban J connectivity index is 1.86. The van der Waals surface area contributed by atoms with Crippen LogP contribution < -0.4 is 15.5 Å². The number of ether oxygens (including phenoxy) is 1. The van der Waals surface area contributed by atoms with Gasteiger partial charge in [0.15, 0.2) is 0 Å². The smallest absolute Gasteiger partial charge is 0.200 e. The first kappa shape index (κ1) is 17.8. The van der Waals surface area contributed by atoms with Gasteiger partial charge in [0.1, 0.15) is 11.6 Å². The Morgan fingerprint density at radius 2 is 1.79 bits per heavy atom. The fourth-order valence-corrected chi connectivity index (χ4v) is 3.28. The molecule has 2 heterocycles. The van der Waals surface area contributed by atoms with E-state index >= 15 is 0 Å². The Bertz CT molecular complexity index is 1170. The number of aryl methyl sites for hydroxylation is 1. The minimum atomic E-state index is -0.0520. The summed E-state index contributed by atoms with van der Waals surface area (Å²) in [5.41, 5.74) is 3.13. The van der Waals surface area contributed by atoms with Crippen molar-refractivity contribution in [1.82, 2.24) is 9.55 Å². The summed E-state index contributed by atoms with van der Waals surface area (Å²) < 4.78 is 7.46. The molecule has 0 unspecified atom stereocenters. The number of fused-ring (bicyclic) bond motifs is 1. The fourth-order valence-electron chi connectivity index (χ4n) is 3.28. The quantitative estimate of drug-likeness (QED) is 0.550. The maximum atomic E-state index is 13.4. The highest BCUT2D eigenvalue weighted by Crippen LogP contribution is 2.26. The van der Waals surface area contributed by atoms with Crippen molar-refractivity contribution >= 4 is 22.4 Å². The lowest BCUT2D eigenvalue weighted by molar-refractivity contribution is 0.340. The van der Waals surface area contributed by atoms with E-state index < -0.39 is 0 Å². The predicted molar refractivity (Wildman–Crippen MR) is 113 cm³/mol. The topological polar surface area (TPSA) is 56.1 Å². The van der Waals surface area contributed by atoms with Gasteiger partial charge in [0.25, 0.3) is 0 Å². The van der Waals surface area contributed by atoms with E-state index in [0.717, 1.165) is 22.5 Å². The second kappa shape index (κ2) is 7.56. The van der Waals surface area contributed by atoms with Gasteiger partial charge in [-0.15, -0.1) is 0 Å². The molecule has 4 rings (SSSR count). The number of aromatic nitrogens is 2. The van der Waals surface area contributed by atoms with Crippen molar-refractivity contribution in [3.8, 4) is 16.9 Å². The van der Waals surface area contributed by atoms with Gasteiger partial charge in [0.05, 0.1) is 17.5 Å². The molecule has 0 radical (unpaired) electrons. The Hall–Kier alpha value is -3.60. The van der Waals surface area contributed by atoms with Crippen LogP contribution >= 0.6 is 0 Å². The minimum absolute atomic E-state index is 0.0520. The largest absolute Gasteiger partial charge is 0.494 e. The maximum Gasteiger partial charge on any atom is 0.200 e. The third kappa shape index (κ3) is 3.34. The molecule has 4 aromatic rings. The summed E-state index contributed by atoms with van der Waals surface area (Å²) in [6.07, 6.45) is 3.58. The van der Waals surface area contributed by atoms with Gasteiger partial charge >= 0.3 is 0 Å². The monoisotopic (exact) mass is 371 g/mol. The maximum absolute atomic E-state index is 13.4. The lowest BCUT2D eigenvalue weighted by Crippen LogP contribution is -2.13. The van der Waals surface area contributed by atoms with Crippen LogP contribution in [-0.4, -0.2) is 16.2 Å². The van der Waals surface area contributed by atoms with Gasteiger partial charge in [-0.25, -0.2) is 4.98 Å². The first-order chi connectivity index (χ1) is 13.7. The Labute approximate surface area is 163 Å². The van der Waals surface area contributed by atoms with E-state index in [-0.39, 0.29) is 5.43 Å². The summed E-state index contributed by atoms with van der Waals surface area (Å²) in [5, 5.41) is 3.84. The highest BCUT2D eigenvalue weighted by molar-refractivity contribution is 5.93. The molecular weight excluding hydrogens is 350 g/mol. The summed E-state index contributed by atoms with van der Waals surface area (Å²) >= 11 is 0. The molecule has 0 saturated carbocycles. The van der Waals surface area contributed by atoms with Crippen LogP contribution in [-0.2, 0) is 7.05 Å². The summed E-state index contributed by atoms with van der Waals surface area (Å²) in [5.74, 6) is 1.34. The molecule has 2 aromatic carbocycles. The number of rotatable bonds is 5. The number of hydrogen-bond acceptors (Lipinski definition) is 4. The number of benzene rings is 2. The van der Waals surface area contributed by atoms with Crippen molar-refractivity contribution in [3.05, 3.63) is 83.3 Å². The van der Waals surface area contributed by atoms with Gasteiger partial charge < -0.3 is 14.6 Å². The number of pyridine rings is 2. The summed E-state index contributed by atoms with van der Waals surface area (Å²) in [6.45, 7) is 2.55. The van der Waals surface area contributed by atoms with Gasteiger partial charge in [-0.05, 0) is 42.8 Å². The highest BCUT2D eigenvalue weighted by atomic mass is 16.5. The Kier molecular flexibility index (Phi) is 4.81. The number of nitrogens with zero attached hydrogens (tertiary/aromatic N) is 2. The van der Waals surface area contributed by atoms with Crippen LogP contribution in [0.15, 0.2) is 77.9 Å². The van der Waals surface area contributed by atoms with Crippen LogP contribution in [0.5, 0.6) is 5.75 Å². The van der Waals surface area contributed by atoms with Crippen molar-refractivity contribution in [2.75, 3.05) is 11.9 Å². The molecule has 0 amide bonds. The number of nitrogens with one attached hydrogen (secondary N) is 1. The minimum Gasteiger partial charge on any atom is -0.494 e. The van der Waals surface area contributed by atoms with Gasteiger partial charge in [-0.3, -0.25) is 4.79 Å². The van der Waals surface area contributed by atoms with Gasteiger partial charge in [0, 0.05) is 30.7 Å². The van der Waals surface area contributed by atoms with E-state index in [2.05, 4.69) is 10.3 Å². The summed E-state index contributed by atoms with van der Waals surface area (Å²) in [4.78, 5) is 17.8. The van der Waals surface area contributed by atoms with E-state index in [1.165, 1.54) is 0 Å². The molecule has 0 atom stereocenters. The second-order valence-corrected chi connectivity index (χ2v) is 6.48. The molecule has 0 saturated heterocycles. The second-order valence-electron chi connectivity index (χ2n) is 6.48. The number of para-hydroxylation sites is 1. The molecule has 0 aliphatic rings. The molecule has 0 fully saturated rings. The molecule has 5 heteroatoms. The average Bonchev–Trinajstić information content (AvgIpc) is 2.72. The van der Waals surface area contributed by atoms with Crippen molar-refractivity contribution in [2.45, 2.75) is 6.92 Å². The van der Waals surface area contributed by atoms with Crippen LogP contribution in [0.2, 0.25) is 0 Å². The zero-order valence-corrected chi connectivity index (χ0v) is 15.8. The third-order valence-electron chi connectivity index (χ3n) is 4.62. The van der Waals surface area contributed by atoms with E-state index in [0.29, 0.717) is 23.4 Å². The Morgan fingerprint density at radius 1 is 1.04 bits per heavy atom. The Morgan fingerprint density at radius 3 is 2.50 bits per heavy atom. The zero-order valence-electron chi connectivity index (χ0n) is 15.8. The lowest BCUT2D eigenvalue weighted by atomic mass is 10.0. The standard InChI is InChI=1S/C23H21N3O2/c1-3-28-18-11-9-16(10-12-18)19-15-26(2)20-13-14-24-23(21(20)22(19)27)25-17-7-5-4-6-8-17/h4-15H,3H2,1-2H3,(H,24,25).